The van der Waals surface area contributed by atoms with Crippen LogP contribution in [0, 0.1) is 12.8 Å². The van der Waals surface area contributed by atoms with Gasteiger partial charge in [0.05, 0.1) is 0 Å². The lowest BCUT2D eigenvalue weighted by Gasteiger charge is -2.12. The van der Waals surface area contributed by atoms with Crippen molar-refractivity contribution in [1.29, 1.82) is 0 Å². The van der Waals surface area contributed by atoms with Crippen molar-refractivity contribution < 1.29 is 9.59 Å². The molecule has 0 saturated heterocycles. The molecule has 1 saturated carbocycles. The highest BCUT2D eigenvalue weighted by Gasteiger charge is 2.28. The topological polar surface area (TPSA) is 58.2 Å². The molecule has 4 heteroatoms. The summed E-state index contributed by atoms with van der Waals surface area (Å²) in [5.74, 6) is 0.534. The number of hydrogen-bond acceptors (Lipinski definition) is 2. The maximum absolute atomic E-state index is 11.9. The number of rotatable bonds is 6. The summed E-state index contributed by atoms with van der Waals surface area (Å²) in [4.78, 5) is 23.6. The average molecular weight is 274 g/mol. The number of benzene rings is 1. The molecule has 1 aromatic carbocycles. The predicted octanol–water partition coefficient (Wildman–Crippen LogP) is 2.03. The summed E-state index contributed by atoms with van der Waals surface area (Å²) in [6.45, 7) is 4.36. The molecule has 0 radical (unpaired) electrons. The molecule has 0 aromatic heterocycles. The van der Waals surface area contributed by atoms with E-state index in [0.717, 1.165) is 5.56 Å². The predicted molar refractivity (Wildman–Crippen MR) is 78.5 cm³/mol. The van der Waals surface area contributed by atoms with Crippen molar-refractivity contribution in [3.05, 3.63) is 35.4 Å². The fourth-order valence-electron chi connectivity index (χ4n) is 2.22. The first kappa shape index (κ1) is 14.6. The molecule has 4 nitrogen and oxygen atoms in total. The second kappa shape index (κ2) is 6.55. The molecule has 1 aromatic rings. The Balaban J connectivity index is 1.69. The van der Waals surface area contributed by atoms with Gasteiger partial charge >= 0.3 is 0 Å². The van der Waals surface area contributed by atoms with Gasteiger partial charge in [-0.15, -0.1) is 0 Å². The van der Waals surface area contributed by atoms with Crippen LogP contribution in [0.5, 0.6) is 0 Å². The standard InChI is InChI=1S/C16H22N2O2/c1-11-4-3-5-14(10-11)16(20)17-9-8-15(19)18-12(2)13-6-7-13/h3-5,10,12-13H,6-9H2,1-2H3,(H,17,20)(H,18,19). The minimum Gasteiger partial charge on any atom is -0.353 e. The Morgan fingerprint density at radius 1 is 1.35 bits per heavy atom. The largest absolute Gasteiger partial charge is 0.353 e. The summed E-state index contributed by atoms with van der Waals surface area (Å²) in [6.07, 6.45) is 2.76. The minimum atomic E-state index is -0.128. The highest BCUT2D eigenvalue weighted by Crippen LogP contribution is 2.32. The molecule has 1 atom stereocenters. The fraction of sp³-hybridized carbons (Fsp3) is 0.500. The Bertz CT molecular complexity index is 495. The molecule has 1 fully saturated rings. The third-order valence-electron chi connectivity index (χ3n) is 3.64. The Labute approximate surface area is 119 Å². The minimum absolute atomic E-state index is 0.00828. The number of aryl methyl sites for hydroxylation is 1. The molecule has 108 valence electrons. The zero-order chi connectivity index (χ0) is 14.5. The van der Waals surface area contributed by atoms with Gasteiger partial charge in [0.25, 0.3) is 5.91 Å². The van der Waals surface area contributed by atoms with Crippen LogP contribution < -0.4 is 10.6 Å². The van der Waals surface area contributed by atoms with Crippen molar-refractivity contribution in [1.82, 2.24) is 10.6 Å². The van der Waals surface area contributed by atoms with Crippen molar-refractivity contribution in [3.8, 4) is 0 Å². The van der Waals surface area contributed by atoms with Crippen molar-refractivity contribution in [2.45, 2.75) is 39.2 Å². The molecule has 2 rings (SSSR count). The van der Waals surface area contributed by atoms with Gasteiger partial charge in [0.15, 0.2) is 0 Å². The van der Waals surface area contributed by atoms with Crippen LogP contribution in [0.15, 0.2) is 24.3 Å². The molecule has 0 bridgehead atoms. The van der Waals surface area contributed by atoms with Crippen LogP contribution in [-0.4, -0.2) is 24.4 Å². The van der Waals surface area contributed by atoms with Gasteiger partial charge in [-0.3, -0.25) is 9.59 Å². The maximum Gasteiger partial charge on any atom is 0.251 e. The summed E-state index contributed by atoms with van der Waals surface area (Å²) in [7, 11) is 0. The summed E-state index contributed by atoms with van der Waals surface area (Å²) < 4.78 is 0. The first-order valence-electron chi connectivity index (χ1n) is 7.20. The van der Waals surface area contributed by atoms with E-state index in [-0.39, 0.29) is 17.9 Å². The summed E-state index contributed by atoms with van der Waals surface area (Å²) >= 11 is 0. The molecule has 0 heterocycles. The number of amides is 2. The molecular weight excluding hydrogens is 252 g/mol. The zero-order valence-electron chi connectivity index (χ0n) is 12.1. The van der Waals surface area contributed by atoms with Gasteiger partial charge in [-0.2, -0.15) is 0 Å². The van der Waals surface area contributed by atoms with Gasteiger partial charge in [-0.25, -0.2) is 0 Å². The number of hydrogen-bond donors (Lipinski definition) is 2. The number of carbonyl (C=O) groups is 2. The SMILES string of the molecule is Cc1cccc(C(=O)NCCC(=O)NC(C)C2CC2)c1. The second-order valence-corrected chi connectivity index (χ2v) is 5.57. The number of carbonyl (C=O) groups excluding carboxylic acids is 2. The van der Waals surface area contributed by atoms with E-state index in [9.17, 15) is 9.59 Å². The highest BCUT2D eigenvalue weighted by molar-refractivity contribution is 5.94. The van der Waals surface area contributed by atoms with Crippen LogP contribution in [0.3, 0.4) is 0 Å². The lowest BCUT2D eigenvalue weighted by molar-refractivity contribution is -0.121. The van der Waals surface area contributed by atoms with Crippen LogP contribution in [-0.2, 0) is 4.79 Å². The van der Waals surface area contributed by atoms with E-state index >= 15 is 0 Å². The van der Waals surface area contributed by atoms with Crippen molar-refractivity contribution >= 4 is 11.8 Å². The zero-order valence-corrected chi connectivity index (χ0v) is 12.1. The van der Waals surface area contributed by atoms with E-state index in [4.69, 9.17) is 0 Å². The Kier molecular flexibility index (Phi) is 4.77. The van der Waals surface area contributed by atoms with Crippen LogP contribution in [0.1, 0.15) is 42.1 Å². The monoisotopic (exact) mass is 274 g/mol. The van der Waals surface area contributed by atoms with E-state index < -0.39 is 0 Å². The third kappa shape index (κ3) is 4.37. The Morgan fingerprint density at radius 2 is 2.10 bits per heavy atom. The molecule has 1 aliphatic rings. The summed E-state index contributed by atoms with van der Waals surface area (Å²) in [5.41, 5.74) is 1.69. The molecule has 20 heavy (non-hydrogen) atoms. The Hall–Kier alpha value is -1.84. The van der Waals surface area contributed by atoms with Crippen molar-refractivity contribution in [3.63, 3.8) is 0 Å². The smallest absolute Gasteiger partial charge is 0.251 e. The van der Waals surface area contributed by atoms with Gasteiger partial charge in [0.1, 0.15) is 0 Å². The number of nitrogens with one attached hydrogen (secondary N) is 2. The first-order chi connectivity index (χ1) is 9.56. The highest BCUT2D eigenvalue weighted by atomic mass is 16.2. The Morgan fingerprint density at radius 3 is 2.75 bits per heavy atom. The quantitative estimate of drug-likeness (QED) is 0.834. The van der Waals surface area contributed by atoms with Crippen LogP contribution >= 0.6 is 0 Å². The molecule has 1 aliphatic carbocycles. The van der Waals surface area contributed by atoms with E-state index in [1.165, 1.54) is 12.8 Å². The average Bonchev–Trinajstić information content (AvgIpc) is 3.22. The molecule has 2 N–H and O–H groups in total. The molecular formula is C16H22N2O2. The lowest BCUT2D eigenvalue weighted by atomic mass is 10.1. The summed E-state index contributed by atoms with van der Waals surface area (Å²) in [6, 6.07) is 7.68. The first-order valence-corrected chi connectivity index (χ1v) is 7.20. The fourth-order valence-corrected chi connectivity index (χ4v) is 2.22. The molecule has 0 aliphatic heterocycles. The second-order valence-electron chi connectivity index (χ2n) is 5.57. The lowest BCUT2D eigenvalue weighted by Crippen LogP contribution is -2.36. The van der Waals surface area contributed by atoms with Crippen LogP contribution in [0.25, 0.3) is 0 Å². The van der Waals surface area contributed by atoms with Gasteiger partial charge in [-0.05, 0) is 44.7 Å². The van der Waals surface area contributed by atoms with Crippen LogP contribution in [0.4, 0.5) is 0 Å². The van der Waals surface area contributed by atoms with Gasteiger partial charge in [-0.1, -0.05) is 17.7 Å². The van der Waals surface area contributed by atoms with E-state index in [2.05, 4.69) is 10.6 Å². The maximum atomic E-state index is 11.9. The molecule has 0 spiro atoms. The van der Waals surface area contributed by atoms with Crippen LogP contribution in [0.2, 0.25) is 0 Å². The van der Waals surface area contributed by atoms with E-state index in [1.54, 1.807) is 6.07 Å². The van der Waals surface area contributed by atoms with Gasteiger partial charge in [0.2, 0.25) is 5.91 Å². The van der Waals surface area contributed by atoms with Crippen molar-refractivity contribution in [2.24, 2.45) is 5.92 Å². The third-order valence-corrected chi connectivity index (χ3v) is 3.64. The van der Waals surface area contributed by atoms with Crippen molar-refractivity contribution in [2.75, 3.05) is 6.54 Å². The molecule has 2 amide bonds. The van der Waals surface area contributed by atoms with Gasteiger partial charge in [0, 0.05) is 24.6 Å². The van der Waals surface area contributed by atoms with E-state index in [0.29, 0.717) is 24.4 Å². The van der Waals surface area contributed by atoms with Gasteiger partial charge < -0.3 is 10.6 Å². The molecule has 1 unspecified atom stereocenters. The van der Waals surface area contributed by atoms with E-state index in [1.807, 2.05) is 32.0 Å². The summed E-state index contributed by atoms with van der Waals surface area (Å²) in [5, 5.41) is 5.75. The normalized spacial score (nSPS) is 15.5.